The van der Waals surface area contributed by atoms with Crippen molar-refractivity contribution in [2.75, 3.05) is 19.8 Å². The first-order chi connectivity index (χ1) is 18.5. The molecule has 0 radical (unpaired) electrons. The highest BCUT2D eigenvalue weighted by molar-refractivity contribution is 6.21. The Morgan fingerprint density at radius 1 is 0.923 bits per heavy atom. The van der Waals surface area contributed by atoms with E-state index >= 15 is 0 Å². The van der Waals surface area contributed by atoms with E-state index < -0.39 is 53.9 Å². The van der Waals surface area contributed by atoms with Crippen LogP contribution in [-0.2, 0) is 25.2 Å². The Morgan fingerprint density at radius 2 is 1.49 bits per heavy atom. The molecule has 2 heterocycles. The Balaban J connectivity index is 1.94. The summed E-state index contributed by atoms with van der Waals surface area (Å²) in [4.78, 5) is 57.8. The van der Waals surface area contributed by atoms with Gasteiger partial charge in [-0.3, -0.25) is 24.3 Å². The molecule has 39 heavy (non-hydrogen) atoms. The summed E-state index contributed by atoms with van der Waals surface area (Å²) in [5, 5.41) is 0. The Labute approximate surface area is 222 Å². The standard InChI is InChI=1S/C28H25F3N2O6/c1-4-38-26(36)21-15(3)32-20(14-33-24(34)16-10-6-7-11-17(16)25(33)35)23(27(37)39-5-2)22(21)18-12-8-9-13-19(18)28(29,30)31/h6-13,21-22H,4-5,14H2,1-3H3. The average molecular weight is 543 g/mol. The van der Waals surface area contributed by atoms with Crippen LogP contribution in [0.15, 0.2) is 64.8 Å². The monoisotopic (exact) mass is 542 g/mol. The van der Waals surface area contributed by atoms with Gasteiger partial charge in [0.1, 0.15) is 5.92 Å². The van der Waals surface area contributed by atoms with Crippen LogP contribution >= 0.6 is 0 Å². The number of ether oxygens (including phenoxy) is 2. The van der Waals surface area contributed by atoms with Crippen molar-refractivity contribution < 1.29 is 41.8 Å². The molecule has 2 aliphatic rings. The van der Waals surface area contributed by atoms with Gasteiger partial charge >= 0.3 is 18.1 Å². The number of carbonyl (C=O) groups is 4. The minimum atomic E-state index is -4.82. The first-order valence-electron chi connectivity index (χ1n) is 12.2. The number of halogens is 3. The third kappa shape index (κ3) is 5.08. The van der Waals surface area contributed by atoms with E-state index in [1.165, 1.54) is 44.2 Å². The number of amides is 2. The van der Waals surface area contributed by atoms with E-state index in [4.69, 9.17) is 9.47 Å². The number of hydrogen-bond donors (Lipinski definition) is 0. The minimum Gasteiger partial charge on any atom is -0.465 e. The molecular formula is C28H25F3N2O6. The summed E-state index contributed by atoms with van der Waals surface area (Å²) in [5.74, 6) is -6.07. The third-order valence-corrected chi connectivity index (χ3v) is 6.54. The molecule has 2 aromatic carbocycles. The summed E-state index contributed by atoms with van der Waals surface area (Å²) in [5.41, 5.74) is -1.55. The molecule has 2 atom stereocenters. The number of nitrogens with zero attached hydrogens (tertiary/aromatic N) is 2. The molecule has 2 aliphatic heterocycles. The summed E-state index contributed by atoms with van der Waals surface area (Å²) in [7, 11) is 0. The van der Waals surface area contributed by atoms with Gasteiger partial charge in [-0.05, 0) is 44.5 Å². The fourth-order valence-corrected chi connectivity index (χ4v) is 4.94. The van der Waals surface area contributed by atoms with Gasteiger partial charge in [0.05, 0.1) is 47.7 Å². The molecule has 0 fully saturated rings. The van der Waals surface area contributed by atoms with Gasteiger partial charge in [-0.2, -0.15) is 13.2 Å². The maximum absolute atomic E-state index is 14.2. The zero-order chi connectivity index (χ0) is 28.5. The number of carbonyl (C=O) groups excluding carboxylic acids is 4. The Bertz CT molecular complexity index is 1380. The number of alkyl halides is 3. The number of fused-ring (bicyclic) bond motifs is 1. The second-order valence-corrected chi connectivity index (χ2v) is 8.87. The highest BCUT2D eigenvalue weighted by Gasteiger charge is 2.47. The molecule has 0 bridgehead atoms. The third-order valence-electron chi connectivity index (χ3n) is 6.54. The molecule has 2 aromatic rings. The number of hydrogen-bond acceptors (Lipinski definition) is 7. The van der Waals surface area contributed by atoms with Crippen LogP contribution in [0, 0.1) is 5.92 Å². The van der Waals surface area contributed by atoms with Crippen molar-refractivity contribution >= 4 is 29.5 Å². The Kier molecular flexibility index (Phi) is 7.71. The smallest absolute Gasteiger partial charge is 0.416 e. The van der Waals surface area contributed by atoms with Crippen LogP contribution in [0.3, 0.4) is 0 Å². The second-order valence-electron chi connectivity index (χ2n) is 8.87. The molecule has 0 aliphatic carbocycles. The summed E-state index contributed by atoms with van der Waals surface area (Å²) in [6.45, 7) is 3.79. The van der Waals surface area contributed by atoms with E-state index in [1.54, 1.807) is 19.1 Å². The number of rotatable bonds is 7. The van der Waals surface area contributed by atoms with Crippen molar-refractivity contribution in [3.63, 3.8) is 0 Å². The van der Waals surface area contributed by atoms with Gasteiger partial charge in [-0.25, -0.2) is 4.79 Å². The lowest BCUT2D eigenvalue weighted by Crippen LogP contribution is -2.40. The first kappa shape index (κ1) is 27.7. The van der Waals surface area contributed by atoms with Crippen LogP contribution in [0.25, 0.3) is 0 Å². The van der Waals surface area contributed by atoms with Crippen LogP contribution in [-0.4, -0.2) is 54.1 Å². The van der Waals surface area contributed by atoms with Gasteiger partial charge in [0.2, 0.25) is 0 Å². The Morgan fingerprint density at radius 3 is 2.05 bits per heavy atom. The van der Waals surface area contributed by atoms with E-state index in [0.717, 1.165) is 11.0 Å². The molecule has 0 spiro atoms. The van der Waals surface area contributed by atoms with Gasteiger partial charge in [-0.15, -0.1) is 0 Å². The van der Waals surface area contributed by atoms with Crippen LogP contribution in [0.2, 0.25) is 0 Å². The largest absolute Gasteiger partial charge is 0.465 e. The van der Waals surface area contributed by atoms with E-state index in [9.17, 15) is 32.3 Å². The molecule has 4 rings (SSSR count). The molecule has 0 N–H and O–H groups in total. The SMILES string of the molecule is CCOC(=O)C1=C(CN2C(=O)c3ccccc3C2=O)N=C(C)C(C(=O)OCC)C1c1ccccc1C(F)(F)F. The molecule has 204 valence electrons. The topological polar surface area (TPSA) is 102 Å². The zero-order valence-corrected chi connectivity index (χ0v) is 21.4. The average Bonchev–Trinajstić information content (AvgIpc) is 3.13. The molecular weight excluding hydrogens is 517 g/mol. The maximum atomic E-state index is 14.2. The van der Waals surface area contributed by atoms with Crippen molar-refractivity contribution in [1.82, 2.24) is 4.90 Å². The van der Waals surface area contributed by atoms with Crippen molar-refractivity contribution in [1.29, 1.82) is 0 Å². The van der Waals surface area contributed by atoms with Crippen LogP contribution in [0.4, 0.5) is 13.2 Å². The fraction of sp³-hybridized carbons (Fsp3) is 0.321. The number of benzene rings is 2. The highest BCUT2D eigenvalue weighted by atomic mass is 19.4. The molecule has 8 nitrogen and oxygen atoms in total. The summed E-state index contributed by atoms with van der Waals surface area (Å²) >= 11 is 0. The van der Waals surface area contributed by atoms with Gasteiger partial charge in [0.15, 0.2) is 0 Å². The highest BCUT2D eigenvalue weighted by Crippen LogP contribution is 2.45. The fourth-order valence-electron chi connectivity index (χ4n) is 4.94. The molecule has 0 saturated heterocycles. The summed E-state index contributed by atoms with van der Waals surface area (Å²) < 4.78 is 52.8. The van der Waals surface area contributed by atoms with Crippen molar-refractivity contribution in [2.24, 2.45) is 10.9 Å². The lowest BCUT2D eigenvalue weighted by molar-refractivity contribution is -0.147. The molecule has 2 amide bonds. The Hall–Kier alpha value is -4.28. The number of imide groups is 1. The van der Waals surface area contributed by atoms with Crippen molar-refractivity contribution in [2.45, 2.75) is 32.9 Å². The van der Waals surface area contributed by atoms with Gasteiger partial charge < -0.3 is 9.47 Å². The van der Waals surface area contributed by atoms with Crippen LogP contribution in [0.5, 0.6) is 0 Å². The lowest BCUT2D eigenvalue weighted by atomic mass is 9.74. The zero-order valence-electron chi connectivity index (χ0n) is 21.4. The molecule has 2 unspecified atom stereocenters. The summed E-state index contributed by atoms with van der Waals surface area (Å²) in [6.07, 6.45) is -4.82. The van der Waals surface area contributed by atoms with Gasteiger partial charge in [-0.1, -0.05) is 30.3 Å². The van der Waals surface area contributed by atoms with Gasteiger partial charge in [0.25, 0.3) is 11.8 Å². The van der Waals surface area contributed by atoms with E-state index in [1.807, 2.05) is 0 Å². The van der Waals surface area contributed by atoms with E-state index in [2.05, 4.69) is 4.99 Å². The van der Waals surface area contributed by atoms with E-state index in [0.29, 0.717) is 0 Å². The first-order valence-corrected chi connectivity index (χ1v) is 12.2. The number of aliphatic imine (C=N–C) groups is 1. The summed E-state index contributed by atoms with van der Waals surface area (Å²) in [6, 6.07) is 10.7. The van der Waals surface area contributed by atoms with Crippen LogP contribution < -0.4 is 0 Å². The minimum absolute atomic E-state index is 0.0589. The molecule has 0 saturated carbocycles. The maximum Gasteiger partial charge on any atom is 0.416 e. The number of esters is 2. The predicted octanol–water partition coefficient (Wildman–Crippen LogP) is 4.56. The normalized spacial score (nSPS) is 19.1. The van der Waals surface area contributed by atoms with Crippen molar-refractivity contribution in [3.8, 4) is 0 Å². The van der Waals surface area contributed by atoms with Gasteiger partial charge in [0, 0.05) is 11.6 Å². The van der Waals surface area contributed by atoms with E-state index in [-0.39, 0.29) is 46.9 Å². The molecule has 0 aromatic heterocycles. The molecule has 11 heteroatoms. The lowest BCUT2D eigenvalue weighted by Gasteiger charge is -2.34. The predicted molar refractivity (Wildman–Crippen MR) is 133 cm³/mol. The van der Waals surface area contributed by atoms with Crippen LogP contribution in [0.1, 0.15) is 58.5 Å². The van der Waals surface area contributed by atoms with Crippen molar-refractivity contribution in [3.05, 3.63) is 82.1 Å². The quantitative estimate of drug-likeness (QED) is 0.376. The second kappa shape index (κ2) is 10.8.